The summed E-state index contributed by atoms with van der Waals surface area (Å²) < 4.78 is 50.4. The highest BCUT2D eigenvalue weighted by Crippen LogP contribution is 2.20. The molecule has 0 aliphatic heterocycles. The Morgan fingerprint density at radius 2 is 1.75 bits per heavy atom. The molecule has 0 unspecified atom stereocenters. The lowest BCUT2D eigenvalue weighted by atomic mass is 10.2. The summed E-state index contributed by atoms with van der Waals surface area (Å²) >= 11 is 0. The van der Waals surface area contributed by atoms with E-state index in [2.05, 4.69) is 5.32 Å². The van der Waals surface area contributed by atoms with Gasteiger partial charge in [-0.15, -0.1) is 0 Å². The van der Waals surface area contributed by atoms with Gasteiger partial charge < -0.3 is 14.8 Å². The largest absolute Gasteiger partial charge is 0.493 e. The van der Waals surface area contributed by atoms with E-state index in [1.54, 1.807) is 12.1 Å². The smallest absolute Gasteiger partial charge is 0.339 e. The van der Waals surface area contributed by atoms with Crippen LogP contribution < -0.4 is 10.1 Å². The van der Waals surface area contributed by atoms with Crippen LogP contribution in [0.3, 0.4) is 0 Å². The van der Waals surface area contributed by atoms with Gasteiger partial charge in [-0.05, 0) is 43.2 Å². The normalized spacial score (nSPS) is 11.8. The molecule has 0 aliphatic rings. The minimum atomic E-state index is -1.71. The van der Waals surface area contributed by atoms with Crippen LogP contribution >= 0.6 is 0 Å². The van der Waals surface area contributed by atoms with E-state index >= 15 is 0 Å². The molecule has 0 spiro atoms. The third-order valence-electron chi connectivity index (χ3n) is 3.60. The predicted molar refractivity (Wildman–Crippen MR) is 96.6 cm³/mol. The van der Waals surface area contributed by atoms with Gasteiger partial charge in [0, 0.05) is 0 Å². The Kier molecular flexibility index (Phi) is 7.03. The van der Waals surface area contributed by atoms with Gasteiger partial charge in [-0.25, -0.2) is 18.0 Å². The molecular formula is C20H20F3NO4. The second kappa shape index (κ2) is 9.25. The van der Waals surface area contributed by atoms with Gasteiger partial charge in [-0.1, -0.05) is 19.9 Å². The third kappa shape index (κ3) is 5.48. The van der Waals surface area contributed by atoms with Crippen molar-refractivity contribution in [2.75, 3.05) is 11.9 Å². The van der Waals surface area contributed by atoms with Crippen molar-refractivity contribution in [3.05, 3.63) is 59.4 Å². The molecule has 2 rings (SSSR count). The molecule has 0 aromatic heterocycles. The Hall–Kier alpha value is -3.03. The van der Waals surface area contributed by atoms with Gasteiger partial charge in [0.15, 0.2) is 23.6 Å². The number of carbonyl (C=O) groups excluding carboxylic acids is 2. The summed E-state index contributed by atoms with van der Waals surface area (Å²) in [6.07, 6.45) is -1.31. The van der Waals surface area contributed by atoms with Crippen LogP contribution in [0, 0.1) is 23.4 Å². The number of esters is 1. The molecule has 1 amide bonds. The molecule has 150 valence electrons. The summed E-state index contributed by atoms with van der Waals surface area (Å²) in [7, 11) is 0. The highest BCUT2D eigenvalue weighted by atomic mass is 19.2. The molecular weight excluding hydrogens is 375 g/mol. The SMILES string of the molecule is CC(C)COc1cccc(C(=O)O[C@H](C)C(=O)Nc2ccc(F)c(F)c2F)c1. The zero-order valence-electron chi connectivity index (χ0n) is 15.6. The lowest BCUT2D eigenvalue weighted by molar-refractivity contribution is -0.123. The van der Waals surface area contributed by atoms with E-state index in [1.807, 2.05) is 13.8 Å². The number of amides is 1. The minimum Gasteiger partial charge on any atom is -0.493 e. The van der Waals surface area contributed by atoms with Gasteiger partial charge in [0.05, 0.1) is 17.9 Å². The van der Waals surface area contributed by atoms with Crippen molar-refractivity contribution in [2.24, 2.45) is 5.92 Å². The highest BCUT2D eigenvalue weighted by Gasteiger charge is 2.22. The molecule has 0 bridgehead atoms. The van der Waals surface area contributed by atoms with Gasteiger partial charge in [0.1, 0.15) is 5.75 Å². The number of hydrogen-bond donors (Lipinski definition) is 1. The number of carbonyl (C=O) groups is 2. The van der Waals surface area contributed by atoms with Gasteiger partial charge in [-0.2, -0.15) is 0 Å². The van der Waals surface area contributed by atoms with E-state index in [9.17, 15) is 22.8 Å². The van der Waals surface area contributed by atoms with E-state index in [1.165, 1.54) is 19.1 Å². The number of benzene rings is 2. The monoisotopic (exact) mass is 395 g/mol. The van der Waals surface area contributed by atoms with Gasteiger partial charge in [0.2, 0.25) is 0 Å². The Morgan fingerprint density at radius 3 is 2.43 bits per heavy atom. The van der Waals surface area contributed by atoms with Crippen molar-refractivity contribution < 1.29 is 32.2 Å². The fourth-order valence-corrected chi connectivity index (χ4v) is 2.11. The lowest BCUT2D eigenvalue weighted by Gasteiger charge is -2.15. The van der Waals surface area contributed by atoms with Crippen molar-refractivity contribution >= 4 is 17.6 Å². The maximum Gasteiger partial charge on any atom is 0.339 e. The molecule has 2 aromatic rings. The average molecular weight is 395 g/mol. The molecule has 2 aromatic carbocycles. The van der Waals surface area contributed by atoms with Crippen molar-refractivity contribution in [1.82, 2.24) is 0 Å². The molecule has 0 fully saturated rings. The lowest BCUT2D eigenvalue weighted by Crippen LogP contribution is -2.30. The van der Waals surface area contributed by atoms with Crippen LogP contribution in [0.2, 0.25) is 0 Å². The van der Waals surface area contributed by atoms with Crippen LogP contribution in [0.5, 0.6) is 5.75 Å². The summed E-state index contributed by atoms with van der Waals surface area (Å²) in [5.41, 5.74) is -0.393. The summed E-state index contributed by atoms with van der Waals surface area (Å²) in [5, 5.41) is 2.06. The Morgan fingerprint density at radius 1 is 1.04 bits per heavy atom. The Bertz CT molecular complexity index is 871. The first-order chi connectivity index (χ1) is 13.2. The maximum atomic E-state index is 13.6. The molecule has 0 heterocycles. The van der Waals surface area contributed by atoms with Crippen molar-refractivity contribution in [3.63, 3.8) is 0 Å². The molecule has 0 aliphatic carbocycles. The molecule has 0 saturated heterocycles. The topological polar surface area (TPSA) is 64.6 Å². The van der Waals surface area contributed by atoms with E-state index in [0.717, 1.165) is 6.07 Å². The number of ether oxygens (including phenoxy) is 2. The van der Waals surface area contributed by atoms with Crippen LogP contribution in [0.25, 0.3) is 0 Å². The van der Waals surface area contributed by atoms with Crippen LogP contribution in [-0.2, 0) is 9.53 Å². The van der Waals surface area contributed by atoms with Crippen molar-refractivity contribution in [2.45, 2.75) is 26.9 Å². The summed E-state index contributed by atoms with van der Waals surface area (Å²) in [6.45, 7) is 5.70. The number of hydrogen-bond acceptors (Lipinski definition) is 4. The highest BCUT2D eigenvalue weighted by molar-refractivity contribution is 5.97. The zero-order valence-corrected chi connectivity index (χ0v) is 15.6. The molecule has 5 nitrogen and oxygen atoms in total. The molecule has 1 N–H and O–H groups in total. The third-order valence-corrected chi connectivity index (χ3v) is 3.60. The molecule has 8 heteroatoms. The summed E-state index contributed by atoms with van der Waals surface area (Å²) in [6, 6.07) is 7.80. The van der Waals surface area contributed by atoms with Gasteiger partial charge in [0.25, 0.3) is 5.91 Å². The second-order valence-electron chi connectivity index (χ2n) is 6.49. The quantitative estimate of drug-likeness (QED) is 0.560. The average Bonchev–Trinajstić information content (AvgIpc) is 2.66. The van der Waals surface area contributed by atoms with Crippen LogP contribution in [0.4, 0.5) is 18.9 Å². The maximum absolute atomic E-state index is 13.6. The zero-order chi connectivity index (χ0) is 20.8. The van der Waals surface area contributed by atoms with E-state index < -0.39 is 41.1 Å². The Labute approximate surface area is 160 Å². The first-order valence-corrected chi connectivity index (χ1v) is 8.57. The first-order valence-electron chi connectivity index (χ1n) is 8.57. The Balaban J connectivity index is 2.01. The fraction of sp³-hybridized carbons (Fsp3) is 0.300. The van der Waals surface area contributed by atoms with E-state index in [0.29, 0.717) is 24.3 Å². The van der Waals surface area contributed by atoms with E-state index in [-0.39, 0.29) is 5.56 Å². The fourth-order valence-electron chi connectivity index (χ4n) is 2.11. The van der Waals surface area contributed by atoms with Crippen molar-refractivity contribution in [3.8, 4) is 5.75 Å². The second-order valence-corrected chi connectivity index (χ2v) is 6.49. The molecule has 0 radical (unpaired) electrons. The number of anilines is 1. The molecule has 28 heavy (non-hydrogen) atoms. The summed E-state index contributed by atoms with van der Waals surface area (Å²) in [4.78, 5) is 24.3. The predicted octanol–water partition coefficient (Wildman–Crippen LogP) is 4.32. The van der Waals surface area contributed by atoms with Crippen LogP contribution in [-0.4, -0.2) is 24.6 Å². The standard InChI is InChI=1S/C20H20F3NO4/c1-11(2)10-27-14-6-4-5-13(9-14)20(26)28-12(3)19(25)24-16-8-7-15(21)17(22)18(16)23/h4-9,11-12H,10H2,1-3H3,(H,24,25)/t12-/m1/s1. The number of rotatable bonds is 7. The van der Waals surface area contributed by atoms with Crippen molar-refractivity contribution in [1.29, 1.82) is 0 Å². The number of nitrogens with one attached hydrogen (secondary N) is 1. The van der Waals surface area contributed by atoms with Crippen LogP contribution in [0.15, 0.2) is 36.4 Å². The minimum absolute atomic E-state index is 0.167. The first kappa shape index (κ1) is 21.3. The van der Waals surface area contributed by atoms with Gasteiger partial charge in [-0.3, -0.25) is 4.79 Å². The molecule has 1 atom stereocenters. The van der Waals surface area contributed by atoms with Crippen LogP contribution in [0.1, 0.15) is 31.1 Å². The molecule has 0 saturated carbocycles. The van der Waals surface area contributed by atoms with Gasteiger partial charge >= 0.3 is 5.97 Å². The summed E-state index contributed by atoms with van der Waals surface area (Å²) in [5.74, 6) is -5.54. The number of halogens is 3. The van der Waals surface area contributed by atoms with E-state index in [4.69, 9.17) is 9.47 Å².